The van der Waals surface area contributed by atoms with Crippen molar-refractivity contribution in [2.75, 3.05) is 0 Å². The first kappa shape index (κ1) is 20.0. The molecule has 5 nitrogen and oxygen atoms in total. The number of Topliss-reactive ketones (excluding diaryl/α,β-unsaturated/α-hetero) is 2. The van der Waals surface area contributed by atoms with Gasteiger partial charge in [0.05, 0.1) is 6.42 Å². The minimum absolute atomic E-state index is 0.0440. The molecular weight excluding hydrogens is 374 g/mol. The van der Waals surface area contributed by atoms with Gasteiger partial charge in [0.2, 0.25) is 5.78 Å². The minimum Gasteiger partial charge on any atom is -0.454 e. The lowest BCUT2D eigenvalue weighted by molar-refractivity contribution is -0.146. The second-order valence-corrected chi connectivity index (χ2v) is 8.38. The Morgan fingerprint density at radius 2 is 1.82 bits per heavy atom. The molecule has 0 radical (unpaired) electrons. The molecule has 146 valence electrons. The van der Waals surface area contributed by atoms with Gasteiger partial charge in [0, 0.05) is 43.9 Å². The topological polar surface area (TPSA) is 76.2 Å². The van der Waals surface area contributed by atoms with Crippen LogP contribution in [-0.4, -0.2) is 28.6 Å². The van der Waals surface area contributed by atoms with E-state index in [9.17, 15) is 14.4 Å². The highest BCUT2D eigenvalue weighted by Crippen LogP contribution is 2.24. The molecule has 2 aromatic heterocycles. The van der Waals surface area contributed by atoms with Crippen LogP contribution < -0.4 is 0 Å². The van der Waals surface area contributed by atoms with Crippen molar-refractivity contribution in [2.24, 2.45) is 0 Å². The molecule has 0 aliphatic rings. The minimum atomic E-state index is -0.911. The molecule has 3 aromatic rings. The van der Waals surface area contributed by atoms with E-state index >= 15 is 0 Å². The zero-order valence-corrected chi connectivity index (χ0v) is 17.2. The lowest BCUT2D eigenvalue weighted by Gasteiger charge is -2.12. The molecule has 0 aliphatic heterocycles. The monoisotopic (exact) mass is 397 g/mol. The van der Waals surface area contributed by atoms with E-state index in [0.29, 0.717) is 11.1 Å². The quantitative estimate of drug-likeness (QED) is 0.453. The van der Waals surface area contributed by atoms with Gasteiger partial charge in [0.15, 0.2) is 11.9 Å². The van der Waals surface area contributed by atoms with E-state index in [-0.39, 0.29) is 24.4 Å². The number of aromatic amines is 1. The second kappa shape index (κ2) is 8.10. The molecule has 28 heavy (non-hydrogen) atoms. The van der Waals surface area contributed by atoms with Crippen molar-refractivity contribution < 1.29 is 19.1 Å². The Bertz CT molecular complexity index is 1060. The van der Waals surface area contributed by atoms with Gasteiger partial charge in [-0.25, -0.2) is 0 Å². The zero-order valence-electron chi connectivity index (χ0n) is 16.4. The highest BCUT2D eigenvalue weighted by Gasteiger charge is 2.24. The Morgan fingerprint density at radius 3 is 2.50 bits per heavy atom. The van der Waals surface area contributed by atoms with E-state index in [2.05, 4.69) is 4.98 Å². The van der Waals surface area contributed by atoms with E-state index in [4.69, 9.17) is 4.74 Å². The number of esters is 1. The first-order valence-corrected chi connectivity index (χ1v) is 10.0. The van der Waals surface area contributed by atoms with Gasteiger partial charge in [-0.1, -0.05) is 18.2 Å². The molecule has 1 aromatic carbocycles. The lowest BCUT2D eigenvalue weighted by Crippen LogP contribution is -2.25. The van der Waals surface area contributed by atoms with Crippen LogP contribution in [0.25, 0.3) is 10.9 Å². The summed E-state index contributed by atoms with van der Waals surface area (Å²) >= 11 is 1.56. The highest BCUT2D eigenvalue weighted by molar-refractivity contribution is 7.12. The number of carbonyl (C=O) groups excluding carboxylic acids is 3. The molecule has 2 heterocycles. The van der Waals surface area contributed by atoms with Gasteiger partial charge in [-0.3, -0.25) is 14.4 Å². The number of nitrogens with one attached hydrogen (secondary N) is 1. The number of hydrogen-bond acceptors (Lipinski definition) is 5. The predicted molar refractivity (Wildman–Crippen MR) is 110 cm³/mol. The van der Waals surface area contributed by atoms with Crippen LogP contribution in [0.2, 0.25) is 0 Å². The molecule has 0 aliphatic carbocycles. The van der Waals surface area contributed by atoms with Crippen molar-refractivity contribution in [1.29, 1.82) is 0 Å². The Kier molecular flexibility index (Phi) is 5.79. The Morgan fingerprint density at radius 1 is 1.11 bits per heavy atom. The summed E-state index contributed by atoms with van der Waals surface area (Å²) in [4.78, 5) is 42.5. The molecule has 0 saturated carbocycles. The van der Waals surface area contributed by atoms with Gasteiger partial charge in [-0.15, -0.1) is 11.3 Å². The number of ether oxygens (including phenoxy) is 1. The summed E-state index contributed by atoms with van der Waals surface area (Å²) in [6.07, 6.45) is -0.883. The van der Waals surface area contributed by atoms with E-state index < -0.39 is 12.1 Å². The summed E-state index contributed by atoms with van der Waals surface area (Å²) in [6, 6.07) is 9.37. The summed E-state index contributed by atoms with van der Waals surface area (Å²) in [6.45, 7) is 7.23. The molecule has 0 bridgehead atoms. The number of fused-ring (bicyclic) bond motifs is 1. The van der Waals surface area contributed by atoms with E-state index in [0.717, 1.165) is 26.4 Å². The zero-order chi connectivity index (χ0) is 20.4. The molecule has 0 spiro atoms. The number of rotatable bonds is 7. The molecule has 0 saturated heterocycles. The number of H-pyrrole nitrogens is 1. The second-order valence-electron chi connectivity index (χ2n) is 6.92. The average molecular weight is 397 g/mol. The van der Waals surface area contributed by atoms with Crippen molar-refractivity contribution in [2.45, 2.75) is 46.6 Å². The Hall–Kier alpha value is -2.73. The maximum absolute atomic E-state index is 12.8. The number of para-hydroxylation sites is 1. The number of carbonyl (C=O) groups is 3. The first-order chi connectivity index (χ1) is 13.3. The fourth-order valence-corrected chi connectivity index (χ4v) is 4.31. The van der Waals surface area contributed by atoms with Gasteiger partial charge in [-0.05, 0) is 39.8 Å². The largest absolute Gasteiger partial charge is 0.454 e. The van der Waals surface area contributed by atoms with Crippen LogP contribution in [0, 0.1) is 20.8 Å². The molecule has 3 rings (SSSR count). The smallest absolute Gasteiger partial charge is 0.306 e. The van der Waals surface area contributed by atoms with Gasteiger partial charge >= 0.3 is 5.97 Å². The number of hydrogen-bond donors (Lipinski definition) is 1. The molecule has 0 unspecified atom stereocenters. The molecule has 0 amide bonds. The van der Waals surface area contributed by atoms with Crippen LogP contribution >= 0.6 is 11.3 Å². The first-order valence-electron chi connectivity index (χ1n) is 9.19. The van der Waals surface area contributed by atoms with Crippen LogP contribution in [0.15, 0.2) is 30.3 Å². The summed E-state index contributed by atoms with van der Waals surface area (Å²) in [5.41, 5.74) is 2.81. The van der Waals surface area contributed by atoms with E-state index in [1.165, 1.54) is 0 Å². The number of thiophene rings is 1. The summed E-state index contributed by atoms with van der Waals surface area (Å²) in [7, 11) is 0. The maximum Gasteiger partial charge on any atom is 0.306 e. The average Bonchev–Trinajstić information content (AvgIpc) is 3.16. The lowest BCUT2D eigenvalue weighted by atomic mass is 10.0. The van der Waals surface area contributed by atoms with E-state index in [1.54, 1.807) is 18.3 Å². The number of aromatic nitrogens is 1. The Balaban J connectivity index is 1.62. The highest BCUT2D eigenvalue weighted by atomic mass is 32.1. The molecule has 1 atom stereocenters. The van der Waals surface area contributed by atoms with Crippen LogP contribution in [0.1, 0.15) is 55.9 Å². The van der Waals surface area contributed by atoms with Gasteiger partial charge in [-0.2, -0.15) is 0 Å². The summed E-state index contributed by atoms with van der Waals surface area (Å²) < 4.78 is 5.31. The van der Waals surface area contributed by atoms with Crippen molar-refractivity contribution in [3.05, 3.63) is 56.9 Å². The molecular formula is C22H23NO4S. The SMILES string of the molecule is Cc1cc(C(=O)CCC(=O)O[C@H](C)C(=O)c2c(C)[nH]c3ccccc23)c(C)s1. The van der Waals surface area contributed by atoms with Crippen molar-refractivity contribution in [3.8, 4) is 0 Å². The van der Waals surface area contributed by atoms with Crippen LogP contribution in [0.5, 0.6) is 0 Å². The number of ketones is 2. The fourth-order valence-electron chi connectivity index (χ4n) is 3.36. The Labute approximate surface area is 167 Å². The standard InChI is InChI=1S/C22H23NO4S/c1-12-11-17(15(4)28-12)19(24)9-10-20(25)27-14(3)22(26)21-13(2)23-18-8-6-5-7-16(18)21/h5-8,11,14,23H,9-10H2,1-4H3/t14-/m1/s1. The van der Waals surface area contributed by atoms with E-state index in [1.807, 2.05) is 51.1 Å². The summed E-state index contributed by atoms with van der Waals surface area (Å²) in [5.74, 6) is -0.875. The van der Waals surface area contributed by atoms with Gasteiger partial charge in [0.1, 0.15) is 0 Å². The molecule has 6 heteroatoms. The summed E-state index contributed by atoms with van der Waals surface area (Å²) in [5, 5.41) is 0.811. The van der Waals surface area contributed by atoms with Crippen molar-refractivity contribution in [1.82, 2.24) is 4.98 Å². The maximum atomic E-state index is 12.8. The third-order valence-corrected chi connectivity index (χ3v) is 5.68. The number of benzene rings is 1. The normalized spacial score (nSPS) is 12.1. The molecule has 0 fully saturated rings. The third kappa shape index (κ3) is 4.07. The van der Waals surface area contributed by atoms with Gasteiger partial charge < -0.3 is 9.72 Å². The predicted octanol–water partition coefficient (Wildman–Crippen LogP) is 4.93. The van der Waals surface area contributed by atoms with Crippen LogP contribution in [0.4, 0.5) is 0 Å². The van der Waals surface area contributed by atoms with Crippen LogP contribution in [0.3, 0.4) is 0 Å². The van der Waals surface area contributed by atoms with Gasteiger partial charge in [0.25, 0.3) is 0 Å². The van der Waals surface area contributed by atoms with Crippen molar-refractivity contribution in [3.63, 3.8) is 0 Å². The fraction of sp³-hybridized carbons (Fsp3) is 0.318. The van der Waals surface area contributed by atoms with Crippen LogP contribution in [-0.2, 0) is 9.53 Å². The van der Waals surface area contributed by atoms with Crippen molar-refractivity contribution >= 4 is 39.8 Å². The third-order valence-electron chi connectivity index (χ3n) is 4.71. The molecule has 1 N–H and O–H groups in total. The number of aryl methyl sites for hydroxylation is 3.